The van der Waals surface area contributed by atoms with Crippen LogP contribution in [0.1, 0.15) is 17.7 Å². The van der Waals surface area contributed by atoms with Gasteiger partial charge in [-0.25, -0.2) is 13.8 Å². The van der Waals surface area contributed by atoms with Crippen LogP contribution in [-0.4, -0.2) is 16.1 Å². The maximum atomic E-state index is 12.5. The molecule has 1 N–H and O–H groups in total. The molecule has 1 rings (SSSR count). The van der Waals surface area contributed by atoms with Crippen molar-refractivity contribution < 1.29 is 18.7 Å². The molecule has 0 aliphatic carbocycles. The zero-order valence-corrected chi connectivity index (χ0v) is 10.1. The molecule has 7 heteroatoms. The lowest BCUT2D eigenvalue weighted by Crippen LogP contribution is -2.05. The molecule has 1 aromatic heterocycles. The van der Waals surface area contributed by atoms with Crippen LogP contribution in [0, 0.1) is 3.57 Å². The number of alkyl halides is 2. The average molecular weight is 347 g/mol. The Hall–Kier alpha value is -0.500. The first-order valence-electron chi connectivity index (χ1n) is 3.76. The molecular weight excluding hydrogens is 342 g/mol. The number of aliphatic carboxylic acids is 1. The van der Waals surface area contributed by atoms with Gasteiger partial charge in [0.05, 0.1) is 15.7 Å². The van der Waals surface area contributed by atoms with Gasteiger partial charge in [-0.3, -0.25) is 4.79 Å². The van der Waals surface area contributed by atoms with Crippen molar-refractivity contribution in [1.29, 1.82) is 0 Å². The zero-order valence-electron chi connectivity index (χ0n) is 7.18. The normalized spacial score (nSPS) is 10.7. The van der Waals surface area contributed by atoms with E-state index in [9.17, 15) is 13.6 Å². The van der Waals surface area contributed by atoms with Gasteiger partial charge in [0.1, 0.15) is 5.15 Å². The molecule has 0 radical (unpaired) electrons. The van der Waals surface area contributed by atoms with Gasteiger partial charge in [-0.05, 0) is 28.7 Å². The SMILES string of the molecule is O=C(O)Cc1cc(C(F)F)c(I)c(Cl)n1. The maximum Gasteiger partial charge on any atom is 0.309 e. The Balaban J connectivity index is 3.17. The third kappa shape index (κ3) is 3.23. The van der Waals surface area contributed by atoms with E-state index in [4.69, 9.17) is 16.7 Å². The van der Waals surface area contributed by atoms with Gasteiger partial charge in [-0.2, -0.15) is 0 Å². The summed E-state index contributed by atoms with van der Waals surface area (Å²) in [5.74, 6) is -1.14. The standard InChI is InChI=1S/C8H5ClF2INO2/c9-7-6(12)4(8(10)11)1-3(13-7)2-5(14)15/h1,8H,2H2,(H,14,15). The fourth-order valence-corrected chi connectivity index (χ4v) is 1.70. The Kier molecular flexibility index (Phi) is 4.21. The first-order chi connectivity index (χ1) is 6.91. The number of carbonyl (C=O) groups is 1. The van der Waals surface area contributed by atoms with E-state index < -0.39 is 18.8 Å². The van der Waals surface area contributed by atoms with Crippen molar-refractivity contribution in [2.24, 2.45) is 0 Å². The Labute approximate surface area is 103 Å². The van der Waals surface area contributed by atoms with Crippen molar-refractivity contribution in [3.8, 4) is 0 Å². The van der Waals surface area contributed by atoms with Crippen LogP contribution in [0.3, 0.4) is 0 Å². The largest absolute Gasteiger partial charge is 0.481 e. The second kappa shape index (κ2) is 5.02. The summed E-state index contributed by atoms with van der Waals surface area (Å²) in [4.78, 5) is 14.1. The smallest absolute Gasteiger partial charge is 0.309 e. The number of rotatable bonds is 3. The van der Waals surface area contributed by atoms with Crippen LogP contribution in [-0.2, 0) is 11.2 Å². The van der Waals surface area contributed by atoms with Crippen LogP contribution in [0.4, 0.5) is 8.78 Å². The first-order valence-corrected chi connectivity index (χ1v) is 5.22. The van der Waals surface area contributed by atoms with E-state index in [-0.39, 0.29) is 20.0 Å². The number of nitrogens with zero attached hydrogens (tertiary/aromatic N) is 1. The highest BCUT2D eigenvalue weighted by molar-refractivity contribution is 14.1. The van der Waals surface area contributed by atoms with Gasteiger partial charge >= 0.3 is 5.97 Å². The van der Waals surface area contributed by atoms with E-state index in [2.05, 4.69) is 4.98 Å². The summed E-state index contributed by atoms with van der Waals surface area (Å²) in [7, 11) is 0. The monoisotopic (exact) mass is 347 g/mol. The molecule has 0 atom stereocenters. The minimum atomic E-state index is -2.69. The van der Waals surface area contributed by atoms with E-state index in [1.54, 1.807) is 22.6 Å². The lowest BCUT2D eigenvalue weighted by molar-refractivity contribution is -0.136. The molecule has 0 spiro atoms. The third-order valence-electron chi connectivity index (χ3n) is 1.57. The summed E-state index contributed by atoms with van der Waals surface area (Å²) in [6.07, 6.45) is -3.11. The van der Waals surface area contributed by atoms with Crippen molar-refractivity contribution in [3.63, 3.8) is 0 Å². The molecule has 0 saturated heterocycles. The van der Waals surface area contributed by atoms with Gasteiger partial charge in [0.2, 0.25) is 0 Å². The van der Waals surface area contributed by atoms with Crippen LogP contribution >= 0.6 is 34.2 Å². The molecule has 0 amide bonds. The number of pyridine rings is 1. The van der Waals surface area contributed by atoms with Crippen LogP contribution in [0.25, 0.3) is 0 Å². The molecule has 0 saturated carbocycles. The third-order valence-corrected chi connectivity index (χ3v) is 3.29. The van der Waals surface area contributed by atoms with Crippen LogP contribution in [0.5, 0.6) is 0 Å². The molecule has 15 heavy (non-hydrogen) atoms. The highest BCUT2D eigenvalue weighted by atomic mass is 127. The fraction of sp³-hybridized carbons (Fsp3) is 0.250. The van der Waals surface area contributed by atoms with Crippen molar-refractivity contribution in [2.45, 2.75) is 12.8 Å². The average Bonchev–Trinajstić information content (AvgIpc) is 2.09. The Morgan fingerprint density at radius 3 is 2.73 bits per heavy atom. The van der Waals surface area contributed by atoms with Gasteiger partial charge < -0.3 is 5.11 Å². The number of aromatic nitrogens is 1. The number of carboxylic acids is 1. The predicted octanol–water partition coefficient (Wildman–Crippen LogP) is 2.90. The van der Waals surface area contributed by atoms with Crippen LogP contribution in [0.15, 0.2) is 6.07 Å². The van der Waals surface area contributed by atoms with Crippen molar-refractivity contribution >= 4 is 40.2 Å². The minimum Gasteiger partial charge on any atom is -0.481 e. The molecule has 1 heterocycles. The molecule has 0 aliphatic heterocycles. The molecule has 0 bridgehead atoms. The van der Waals surface area contributed by atoms with E-state index in [1.807, 2.05) is 0 Å². The number of hydrogen-bond acceptors (Lipinski definition) is 2. The van der Waals surface area contributed by atoms with Crippen LogP contribution in [0.2, 0.25) is 5.15 Å². The molecule has 0 aromatic carbocycles. The first kappa shape index (κ1) is 12.6. The van der Waals surface area contributed by atoms with Crippen LogP contribution < -0.4 is 0 Å². The Morgan fingerprint density at radius 2 is 2.27 bits per heavy atom. The summed E-state index contributed by atoms with van der Waals surface area (Å²) < 4.78 is 25.1. The van der Waals surface area contributed by atoms with Crippen molar-refractivity contribution in [2.75, 3.05) is 0 Å². The molecule has 3 nitrogen and oxygen atoms in total. The van der Waals surface area contributed by atoms with Crippen molar-refractivity contribution in [3.05, 3.63) is 26.0 Å². The topological polar surface area (TPSA) is 50.2 Å². The quantitative estimate of drug-likeness (QED) is 0.676. The van der Waals surface area contributed by atoms with Gasteiger partial charge in [0, 0.05) is 5.56 Å². The highest BCUT2D eigenvalue weighted by Gasteiger charge is 2.17. The molecular formula is C8H5ClF2INO2. The van der Waals surface area contributed by atoms with E-state index in [0.717, 1.165) is 6.07 Å². The lowest BCUT2D eigenvalue weighted by atomic mass is 10.2. The summed E-state index contributed by atoms with van der Waals surface area (Å²) in [6, 6.07) is 1.06. The Bertz CT molecular complexity index is 400. The second-order valence-corrected chi connectivity index (χ2v) is 4.12. The number of carboxylic acid groups (broad SMARTS) is 1. The summed E-state index contributed by atoms with van der Waals surface area (Å²) in [5, 5.41) is 8.39. The molecule has 1 aromatic rings. The van der Waals surface area contributed by atoms with E-state index in [1.165, 1.54) is 0 Å². The Morgan fingerprint density at radius 1 is 1.67 bits per heavy atom. The summed E-state index contributed by atoms with van der Waals surface area (Å²) in [5.41, 5.74) is -0.255. The molecule has 0 aliphatic rings. The summed E-state index contributed by atoms with van der Waals surface area (Å²) >= 11 is 7.25. The fourth-order valence-electron chi connectivity index (χ4n) is 0.974. The maximum absolute atomic E-state index is 12.5. The van der Waals surface area contributed by atoms with Gasteiger partial charge in [0.25, 0.3) is 6.43 Å². The van der Waals surface area contributed by atoms with E-state index in [0.29, 0.717) is 0 Å². The molecule has 82 valence electrons. The second-order valence-electron chi connectivity index (χ2n) is 2.68. The van der Waals surface area contributed by atoms with Crippen molar-refractivity contribution in [1.82, 2.24) is 4.98 Å². The van der Waals surface area contributed by atoms with Gasteiger partial charge in [-0.15, -0.1) is 0 Å². The molecule has 0 fully saturated rings. The highest BCUT2D eigenvalue weighted by Crippen LogP contribution is 2.29. The lowest BCUT2D eigenvalue weighted by Gasteiger charge is -2.06. The predicted molar refractivity (Wildman–Crippen MR) is 58.3 cm³/mol. The zero-order chi connectivity index (χ0) is 11.6. The van der Waals surface area contributed by atoms with Gasteiger partial charge in [-0.1, -0.05) is 11.6 Å². The number of hydrogen-bond donors (Lipinski definition) is 1. The van der Waals surface area contributed by atoms with Gasteiger partial charge in [0.15, 0.2) is 0 Å². The van der Waals surface area contributed by atoms with E-state index >= 15 is 0 Å². The number of halogens is 4. The summed E-state index contributed by atoms with van der Waals surface area (Å²) in [6.45, 7) is 0. The minimum absolute atomic E-state index is 0.0308. The molecule has 0 unspecified atom stereocenters.